The lowest BCUT2D eigenvalue weighted by Crippen LogP contribution is -2.17. The van der Waals surface area contributed by atoms with Crippen LogP contribution >= 0.6 is 0 Å². The maximum absolute atomic E-state index is 12.0. The Hall–Kier alpha value is -2.51. The SMILES string of the molecule is CCCNc1cncc(C(=O)Nc2ncnn2C)n1. The quantitative estimate of drug-likeness (QED) is 0.821. The number of aryl methyl sites for hydroxylation is 1. The molecule has 0 bridgehead atoms. The predicted octanol–water partition coefficient (Wildman–Crippen LogP) is 0.679. The van der Waals surface area contributed by atoms with Gasteiger partial charge in [0.25, 0.3) is 5.91 Å². The second kappa shape index (κ2) is 5.89. The molecule has 2 N–H and O–H groups in total. The van der Waals surface area contributed by atoms with Gasteiger partial charge in [-0.25, -0.2) is 9.67 Å². The van der Waals surface area contributed by atoms with Gasteiger partial charge in [0.15, 0.2) is 0 Å². The topological polar surface area (TPSA) is 97.6 Å². The van der Waals surface area contributed by atoms with Gasteiger partial charge < -0.3 is 5.32 Å². The molecule has 0 unspecified atom stereocenters. The van der Waals surface area contributed by atoms with E-state index in [1.807, 2.05) is 6.92 Å². The summed E-state index contributed by atoms with van der Waals surface area (Å²) >= 11 is 0. The van der Waals surface area contributed by atoms with Crippen LogP contribution in [0.1, 0.15) is 23.8 Å². The summed E-state index contributed by atoms with van der Waals surface area (Å²) in [6.07, 6.45) is 5.31. The molecule has 0 aliphatic heterocycles. The Morgan fingerprint density at radius 1 is 1.42 bits per heavy atom. The van der Waals surface area contributed by atoms with Crippen LogP contribution in [0.15, 0.2) is 18.7 Å². The number of hydrogen-bond acceptors (Lipinski definition) is 6. The summed E-state index contributed by atoms with van der Waals surface area (Å²) in [6.45, 7) is 2.83. The highest BCUT2D eigenvalue weighted by molar-refractivity contribution is 6.01. The molecule has 2 aromatic rings. The van der Waals surface area contributed by atoms with E-state index in [9.17, 15) is 4.79 Å². The smallest absolute Gasteiger partial charge is 0.278 e. The lowest BCUT2D eigenvalue weighted by Gasteiger charge is -2.06. The molecule has 0 fully saturated rings. The third-order valence-electron chi connectivity index (χ3n) is 2.36. The molecule has 1 amide bonds. The van der Waals surface area contributed by atoms with Crippen molar-refractivity contribution >= 4 is 17.7 Å². The number of rotatable bonds is 5. The lowest BCUT2D eigenvalue weighted by atomic mass is 10.4. The van der Waals surface area contributed by atoms with Gasteiger partial charge in [-0.1, -0.05) is 6.92 Å². The molecule has 2 aromatic heterocycles. The van der Waals surface area contributed by atoms with Crippen LogP contribution in [0.2, 0.25) is 0 Å². The highest BCUT2D eigenvalue weighted by Gasteiger charge is 2.11. The fourth-order valence-corrected chi connectivity index (χ4v) is 1.39. The molecule has 100 valence electrons. The Morgan fingerprint density at radius 3 is 2.95 bits per heavy atom. The first-order chi connectivity index (χ1) is 9.20. The van der Waals surface area contributed by atoms with Crippen molar-refractivity contribution in [2.45, 2.75) is 13.3 Å². The van der Waals surface area contributed by atoms with Gasteiger partial charge in [-0.2, -0.15) is 10.1 Å². The Kier molecular flexibility index (Phi) is 4.01. The van der Waals surface area contributed by atoms with Crippen molar-refractivity contribution in [3.63, 3.8) is 0 Å². The van der Waals surface area contributed by atoms with E-state index in [0.717, 1.165) is 13.0 Å². The van der Waals surface area contributed by atoms with Crippen molar-refractivity contribution in [3.8, 4) is 0 Å². The zero-order valence-electron chi connectivity index (χ0n) is 10.8. The molecule has 0 spiro atoms. The molecule has 0 radical (unpaired) electrons. The van der Waals surface area contributed by atoms with Gasteiger partial charge in [0, 0.05) is 13.6 Å². The highest BCUT2D eigenvalue weighted by atomic mass is 16.2. The second-order valence-electron chi connectivity index (χ2n) is 3.88. The summed E-state index contributed by atoms with van der Waals surface area (Å²) in [7, 11) is 1.69. The fraction of sp³-hybridized carbons (Fsp3) is 0.364. The van der Waals surface area contributed by atoms with Crippen LogP contribution in [-0.2, 0) is 7.05 Å². The normalized spacial score (nSPS) is 10.2. The van der Waals surface area contributed by atoms with Crippen LogP contribution in [0.25, 0.3) is 0 Å². The van der Waals surface area contributed by atoms with Gasteiger partial charge in [0.2, 0.25) is 5.95 Å². The van der Waals surface area contributed by atoms with Gasteiger partial charge in [-0.05, 0) is 6.42 Å². The monoisotopic (exact) mass is 261 g/mol. The van der Waals surface area contributed by atoms with Crippen LogP contribution in [0.4, 0.5) is 11.8 Å². The molecule has 0 aromatic carbocycles. The Bertz CT molecular complexity index is 566. The van der Waals surface area contributed by atoms with Crippen molar-refractivity contribution in [3.05, 3.63) is 24.4 Å². The minimum Gasteiger partial charge on any atom is -0.369 e. The average Bonchev–Trinajstić information content (AvgIpc) is 2.82. The van der Waals surface area contributed by atoms with Gasteiger partial charge in [0.1, 0.15) is 17.8 Å². The largest absolute Gasteiger partial charge is 0.369 e. The number of carbonyl (C=O) groups is 1. The fourth-order valence-electron chi connectivity index (χ4n) is 1.39. The van der Waals surface area contributed by atoms with Crippen LogP contribution in [0.3, 0.4) is 0 Å². The number of hydrogen-bond donors (Lipinski definition) is 2. The van der Waals surface area contributed by atoms with Gasteiger partial charge in [-0.3, -0.25) is 15.1 Å². The summed E-state index contributed by atoms with van der Waals surface area (Å²) in [5, 5.41) is 9.55. The van der Waals surface area contributed by atoms with E-state index in [0.29, 0.717) is 11.8 Å². The molecular weight excluding hydrogens is 246 g/mol. The van der Waals surface area contributed by atoms with Gasteiger partial charge >= 0.3 is 0 Å². The Balaban J connectivity index is 2.08. The van der Waals surface area contributed by atoms with Crippen LogP contribution in [-0.4, -0.2) is 37.2 Å². The summed E-state index contributed by atoms with van der Waals surface area (Å²) < 4.78 is 1.46. The van der Waals surface area contributed by atoms with Crippen molar-refractivity contribution in [2.24, 2.45) is 7.05 Å². The number of carbonyl (C=O) groups excluding carboxylic acids is 1. The van der Waals surface area contributed by atoms with Crippen molar-refractivity contribution in [1.29, 1.82) is 0 Å². The van der Waals surface area contributed by atoms with Crippen LogP contribution in [0.5, 0.6) is 0 Å². The summed E-state index contributed by atoms with van der Waals surface area (Å²) in [6, 6.07) is 0. The van der Waals surface area contributed by atoms with E-state index < -0.39 is 0 Å². The van der Waals surface area contributed by atoms with Crippen molar-refractivity contribution in [2.75, 3.05) is 17.2 Å². The van der Waals surface area contributed by atoms with E-state index in [2.05, 4.69) is 30.7 Å². The summed E-state index contributed by atoms with van der Waals surface area (Å²) in [5.41, 5.74) is 0.226. The molecular formula is C11H15N7O. The summed E-state index contributed by atoms with van der Waals surface area (Å²) in [4.78, 5) is 24.0. The third kappa shape index (κ3) is 3.24. The Labute approximate surface area is 110 Å². The molecule has 2 heterocycles. The van der Waals surface area contributed by atoms with E-state index in [-0.39, 0.29) is 11.6 Å². The third-order valence-corrected chi connectivity index (χ3v) is 2.36. The van der Waals surface area contributed by atoms with E-state index in [1.54, 1.807) is 13.2 Å². The number of aromatic nitrogens is 5. The zero-order chi connectivity index (χ0) is 13.7. The summed E-state index contributed by atoms with van der Waals surface area (Å²) in [5.74, 6) is 0.565. The molecule has 8 nitrogen and oxygen atoms in total. The zero-order valence-corrected chi connectivity index (χ0v) is 10.8. The van der Waals surface area contributed by atoms with E-state index in [4.69, 9.17) is 0 Å². The van der Waals surface area contributed by atoms with Crippen LogP contribution in [0, 0.1) is 0 Å². The molecule has 8 heteroatoms. The molecule has 0 saturated heterocycles. The average molecular weight is 261 g/mol. The highest BCUT2D eigenvalue weighted by Crippen LogP contribution is 2.05. The number of nitrogens with zero attached hydrogens (tertiary/aromatic N) is 5. The molecule has 19 heavy (non-hydrogen) atoms. The molecule has 0 aliphatic rings. The number of amides is 1. The minimum absolute atomic E-state index is 0.226. The minimum atomic E-state index is -0.372. The van der Waals surface area contributed by atoms with E-state index in [1.165, 1.54) is 17.2 Å². The molecule has 0 saturated carbocycles. The van der Waals surface area contributed by atoms with Crippen molar-refractivity contribution in [1.82, 2.24) is 24.7 Å². The Morgan fingerprint density at radius 2 is 2.26 bits per heavy atom. The first kappa shape index (κ1) is 12.9. The first-order valence-electron chi connectivity index (χ1n) is 5.92. The molecule has 2 rings (SSSR count). The standard InChI is InChI=1S/C11H15N7O/c1-3-4-13-9-6-12-5-8(16-9)10(19)17-11-14-7-15-18(11)2/h5-7H,3-4H2,1-2H3,(H,13,16)(H,14,15,17,19). The molecule has 0 atom stereocenters. The molecule has 0 aliphatic carbocycles. The first-order valence-corrected chi connectivity index (χ1v) is 5.92. The maximum atomic E-state index is 12.0. The van der Waals surface area contributed by atoms with Crippen LogP contribution < -0.4 is 10.6 Å². The van der Waals surface area contributed by atoms with Crippen molar-refractivity contribution < 1.29 is 4.79 Å². The predicted molar refractivity (Wildman–Crippen MR) is 69.8 cm³/mol. The number of anilines is 2. The van der Waals surface area contributed by atoms with E-state index >= 15 is 0 Å². The van der Waals surface area contributed by atoms with Gasteiger partial charge in [0.05, 0.1) is 12.4 Å². The lowest BCUT2D eigenvalue weighted by molar-refractivity contribution is 0.102. The maximum Gasteiger partial charge on any atom is 0.278 e. The number of nitrogens with one attached hydrogen (secondary N) is 2. The van der Waals surface area contributed by atoms with Gasteiger partial charge in [-0.15, -0.1) is 0 Å². The second-order valence-corrected chi connectivity index (χ2v) is 3.88.